The van der Waals surface area contributed by atoms with Gasteiger partial charge in [-0.3, -0.25) is 10.1 Å². The Morgan fingerprint density at radius 3 is 2.80 bits per heavy atom. The van der Waals surface area contributed by atoms with Crippen LogP contribution < -0.4 is 0 Å². The molecule has 0 heterocycles. The Hall–Kier alpha value is -0.740. The van der Waals surface area contributed by atoms with Crippen LogP contribution in [-0.2, 0) is 0 Å². The van der Waals surface area contributed by atoms with Crippen molar-refractivity contribution in [3.8, 4) is 0 Å². The zero-order valence-corrected chi connectivity index (χ0v) is 10.1. The summed E-state index contributed by atoms with van der Waals surface area (Å²) in [4.78, 5) is 11.2. The molecule has 0 saturated heterocycles. The van der Waals surface area contributed by atoms with Gasteiger partial charge in [0.05, 0.1) is 9.82 Å². The standard InChI is InChI=1S/C10H12ClNO2S/c1-7-4-3-5-9(12(13)14)10(7)15-8(2)6-11/h3-5,8H,6H2,1-2H3. The Kier molecular flexibility index (Phi) is 4.42. The minimum Gasteiger partial charge on any atom is -0.258 e. The molecule has 0 bridgehead atoms. The first-order valence-corrected chi connectivity index (χ1v) is 5.94. The molecule has 0 aliphatic heterocycles. The smallest absolute Gasteiger partial charge is 0.258 e. The number of alkyl halides is 1. The van der Waals surface area contributed by atoms with Crippen molar-refractivity contribution in [2.75, 3.05) is 5.88 Å². The molecular weight excluding hydrogens is 234 g/mol. The van der Waals surface area contributed by atoms with Gasteiger partial charge in [-0.15, -0.1) is 23.4 Å². The van der Waals surface area contributed by atoms with Crippen LogP contribution in [-0.4, -0.2) is 16.1 Å². The van der Waals surface area contributed by atoms with Crippen LogP contribution in [0.4, 0.5) is 5.69 Å². The van der Waals surface area contributed by atoms with Crippen molar-refractivity contribution in [2.45, 2.75) is 24.0 Å². The average Bonchev–Trinajstić information content (AvgIpc) is 2.20. The summed E-state index contributed by atoms with van der Waals surface area (Å²) in [6.45, 7) is 3.82. The number of thioether (sulfide) groups is 1. The van der Waals surface area contributed by atoms with Crippen molar-refractivity contribution < 1.29 is 4.92 Å². The molecule has 0 radical (unpaired) electrons. The number of rotatable bonds is 4. The van der Waals surface area contributed by atoms with Crippen LogP contribution >= 0.6 is 23.4 Å². The number of aryl methyl sites for hydroxylation is 1. The second-order valence-electron chi connectivity index (χ2n) is 3.26. The largest absolute Gasteiger partial charge is 0.283 e. The van der Waals surface area contributed by atoms with E-state index in [9.17, 15) is 10.1 Å². The summed E-state index contributed by atoms with van der Waals surface area (Å²) in [5.74, 6) is 0.482. The fourth-order valence-electron chi connectivity index (χ4n) is 1.17. The summed E-state index contributed by atoms with van der Waals surface area (Å²) < 4.78 is 0. The van der Waals surface area contributed by atoms with Gasteiger partial charge in [0.15, 0.2) is 0 Å². The number of nitrogens with zero attached hydrogens (tertiary/aromatic N) is 1. The van der Waals surface area contributed by atoms with E-state index in [-0.39, 0.29) is 15.9 Å². The van der Waals surface area contributed by atoms with E-state index in [1.54, 1.807) is 6.07 Å². The van der Waals surface area contributed by atoms with E-state index in [0.717, 1.165) is 10.5 Å². The zero-order chi connectivity index (χ0) is 11.4. The van der Waals surface area contributed by atoms with Crippen LogP contribution in [0, 0.1) is 17.0 Å². The minimum absolute atomic E-state index is 0.164. The third-order valence-electron chi connectivity index (χ3n) is 1.92. The number of hydrogen-bond acceptors (Lipinski definition) is 3. The quantitative estimate of drug-likeness (QED) is 0.352. The molecule has 5 heteroatoms. The van der Waals surface area contributed by atoms with Crippen molar-refractivity contribution in [3.63, 3.8) is 0 Å². The van der Waals surface area contributed by atoms with Gasteiger partial charge in [-0.05, 0) is 12.5 Å². The van der Waals surface area contributed by atoms with Gasteiger partial charge in [0.2, 0.25) is 0 Å². The van der Waals surface area contributed by atoms with E-state index >= 15 is 0 Å². The van der Waals surface area contributed by atoms with Gasteiger partial charge >= 0.3 is 0 Å². The molecule has 0 spiro atoms. The van der Waals surface area contributed by atoms with E-state index in [0.29, 0.717) is 5.88 Å². The Balaban J connectivity index is 3.07. The predicted molar refractivity (Wildman–Crippen MR) is 63.9 cm³/mol. The molecule has 0 aromatic heterocycles. The first-order chi connectivity index (χ1) is 7.06. The molecule has 0 amide bonds. The van der Waals surface area contributed by atoms with Gasteiger partial charge in [-0.2, -0.15) is 0 Å². The molecule has 15 heavy (non-hydrogen) atoms. The number of hydrogen-bond donors (Lipinski definition) is 0. The van der Waals surface area contributed by atoms with Crippen LogP contribution in [0.2, 0.25) is 0 Å². The second kappa shape index (κ2) is 5.37. The maximum Gasteiger partial charge on any atom is 0.283 e. The summed E-state index contributed by atoms with van der Waals surface area (Å²) in [6, 6.07) is 5.09. The average molecular weight is 246 g/mol. The Labute approximate surface area is 98.0 Å². The molecule has 1 aromatic rings. The van der Waals surface area contributed by atoms with Crippen LogP contribution in [0.3, 0.4) is 0 Å². The normalized spacial score (nSPS) is 12.5. The lowest BCUT2D eigenvalue weighted by atomic mass is 10.2. The van der Waals surface area contributed by atoms with Crippen molar-refractivity contribution in [2.24, 2.45) is 0 Å². The molecule has 1 rings (SSSR count). The first-order valence-electron chi connectivity index (χ1n) is 4.53. The molecule has 0 saturated carbocycles. The Morgan fingerprint density at radius 2 is 2.27 bits per heavy atom. The van der Waals surface area contributed by atoms with E-state index in [1.165, 1.54) is 17.8 Å². The molecular formula is C10H12ClNO2S. The summed E-state index contributed by atoms with van der Waals surface area (Å²) in [6.07, 6.45) is 0. The van der Waals surface area contributed by atoms with Gasteiger partial charge in [-0.25, -0.2) is 0 Å². The van der Waals surface area contributed by atoms with Gasteiger partial charge in [0.25, 0.3) is 5.69 Å². The van der Waals surface area contributed by atoms with Crippen molar-refractivity contribution in [3.05, 3.63) is 33.9 Å². The lowest BCUT2D eigenvalue weighted by Gasteiger charge is -2.09. The zero-order valence-electron chi connectivity index (χ0n) is 8.57. The molecule has 1 unspecified atom stereocenters. The molecule has 0 fully saturated rings. The maximum atomic E-state index is 10.8. The first kappa shape index (κ1) is 12.3. The highest BCUT2D eigenvalue weighted by Gasteiger charge is 2.17. The van der Waals surface area contributed by atoms with Gasteiger partial charge in [-0.1, -0.05) is 19.1 Å². The number of nitro groups is 1. The number of halogens is 1. The number of benzene rings is 1. The van der Waals surface area contributed by atoms with E-state index in [1.807, 2.05) is 19.9 Å². The van der Waals surface area contributed by atoms with E-state index < -0.39 is 0 Å². The highest BCUT2D eigenvalue weighted by Crippen LogP contribution is 2.34. The lowest BCUT2D eigenvalue weighted by molar-refractivity contribution is -0.387. The molecule has 0 aliphatic carbocycles. The molecule has 1 aromatic carbocycles. The molecule has 0 N–H and O–H groups in total. The lowest BCUT2D eigenvalue weighted by Crippen LogP contribution is -2.00. The van der Waals surface area contributed by atoms with E-state index in [2.05, 4.69) is 0 Å². The highest BCUT2D eigenvalue weighted by molar-refractivity contribution is 8.00. The van der Waals surface area contributed by atoms with Crippen LogP contribution in [0.5, 0.6) is 0 Å². The fraction of sp³-hybridized carbons (Fsp3) is 0.400. The topological polar surface area (TPSA) is 43.1 Å². The summed E-state index contributed by atoms with van der Waals surface area (Å²) >= 11 is 7.15. The van der Waals surface area contributed by atoms with Crippen molar-refractivity contribution in [1.82, 2.24) is 0 Å². The van der Waals surface area contributed by atoms with Crippen molar-refractivity contribution in [1.29, 1.82) is 0 Å². The second-order valence-corrected chi connectivity index (χ2v) is 5.02. The maximum absolute atomic E-state index is 10.8. The van der Waals surface area contributed by atoms with Crippen molar-refractivity contribution >= 4 is 29.1 Å². The molecule has 0 aliphatic rings. The van der Waals surface area contributed by atoms with Crippen LogP contribution in [0.25, 0.3) is 0 Å². The van der Waals surface area contributed by atoms with Crippen LogP contribution in [0.1, 0.15) is 12.5 Å². The van der Waals surface area contributed by atoms with Gasteiger partial charge in [0.1, 0.15) is 0 Å². The Bertz CT molecular complexity index is 370. The SMILES string of the molecule is Cc1cccc([N+](=O)[O-])c1SC(C)CCl. The molecule has 1 atom stereocenters. The van der Waals surface area contributed by atoms with Crippen LogP contribution in [0.15, 0.2) is 23.1 Å². The third-order valence-corrected chi connectivity index (χ3v) is 3.91. The number of nitro benzene ring substituents is 1. The Morgan fingerprint density at radius 1 is 1.60 bits per heavy atom. The minimum atomic E-state index is -0.351. The summed E-state index contributed by atoms with van der Waals surface area (Å²) in [7, 11) is 0. The highest BCUT2D eigenvalue weighted by atomic mass is 35.5. The van der Waals surface area contributed by atoms with Gasteiger partial charge in [0, 0.05) is 17.2 Å². The van der Waals surface area contributed by atoms with Gasteiger partial charge < -0.3 is 0 Å². The fourth-order valence-corrected chi connectivity index (χ4v) is 2.34. The van der Waals surface area contributed by atoms with E-state index in [4.69, 9.17) is 11.6 Å². The summed E-state index contributed by atoms with van der Waals surface area (Å²) in [5, 5.41) is 11.0. The predicted octanol–water partition coefficient (Wildman–Crippen LogP) is 3.62. The monoisotopic (exact) mass is 245 g/mol. The molecule has 82 valence electrons. The third kappa shape index (κ3) is 3.11. The summed E-state index contributed by atoms with van der Waals surface area (Å²) in [5.41, 5.74) is 1.09. The molecule has 3 nitrogen and oxygen atoms in total.